The van der Waals surface area contributed by atoms with Gasteiger partial charge in [0, 0.05) is 38.9 Å². The molecule has 144 valence electrons. The summed E-state index contributed by atoms with van der Waals surface area (Å²) < 4.78 is 31.0. The molecule has 0 atom stereocenters. The highest BCUT2D eigenvalue weighted by Crippen LogP contribution is 2.28. The Kier molecular flexibility index (Phi) is 5.21. The van der Waals surface area contributed by atoms with Crippen LogP contribution < -0.4 is 5.69 Å². The molecule has 0 amide bonds. The van der Waals surface area contributed by atoms with Crippen LogP contribution in [0.1, 0.15) is 0 Å². The van der Waals surface area contributed by atoms with Gasteiger partial charge in [-0.05, 0) is 40.2 Å². The number of halogens is 1. The van der Waals surface area contributed by atoms with Gasteiger partial charge in [-0.15, -0.1) is 16.4 Å². The predicted molar refractivity (Wildman–Crippen MR) is 107 cm³/mol. The number of hydrogen-bond donors (Lipinski definition) is 0. The highest BCUT2D eigenvalue weighted by molar-refractivity contribution is 9.11. The molecule has 1 aliphatic rings. The van der Waals surface area contributed by atoms with Crippen LogP contribution >= 0.6 is 27.3 Å². The van der Waals surface area contributed by atoms with Crippen molar-refractivity contribution in [1.82, 2.24) is 23.4 Å². The average molecular weight is 472 g/mol. The second-order valence-electron chi connectivity index (χ2n) is 6.24. The van der Waals surface area contributed by atoms with E-state index in [4.69, 9.17) is 0 Å². The van der Waals surface area contributed by atoms with Crippen molar-refractivity contribution >= 4 is 42.9 Å². The Hall–Kier alpha value is -1.53. The van der Waals surface area contributed by atoms with Crippen molar-refractivity contribution in [3.05, 3.63) is 50.8 Å². The Labute approximate surface area is 168 Å². The van der Waals surface area contributed by atoms with Crippen LogP contribution in [0, 0.1) is 0 Å². The van der Waals surface area contributed by atoms with E-state index in [9.17, 15) is 13.2 Å². The van der Waals surface area contributed by atoms with E-state index >= 15 is 0 Å². The summed E-state index contributed by atoms with van der Waals surface area (Å²) in [5, 5.41) is 4.32. The maximum Gasteiger partial charge on any atom is 0.350 e. The Balaban J connectivity index is 1.37. The van der Waals surface area contributed by atoms with Crippen LogP contribution in [0.4, 0.5) is 0 Å². The number of nitrogens with zero attached hydrogens (tertiary/aromatic N) is 5. The van der Waals surface area contributed by atoms with E-state index in [1.807, 2.05) is 6.07 Å². The molecule has 8 nitrogen and oxygen atoms in total. The van der Waals surface area contributed by atoms with E-state index in [-0.39, 0.29) is 5.69 Å². The topological polar surface area (TPSA) is 79.9 Å². The quantitative estimate of drug-likeness (QED) is 0.560. The van der Waals surface area contributed by atoms with Crippen molar-refractivity contribution in [1.29, 1.82) is 0 Å². The number of aromatic nitrogens is 3. The first kappa shape index (κ1) is 18.8. The minimum atomic E-state index is -3.43. The second-order valence-corrected chi connectivity index (χ2v) is 10.9. The van der Waals surface area contributed by atoms with E-state index in [1.165, 1.54) is 24.7 Å². The number of pyridine rings is 1. The smallest absolute Gasteiger partial charge is 0.299 e. The first-order chi connectivity index (χ1) is 12.9. The Bertz CT molecular complexity index is 1110. The summed E-state index contributed by atoms with van der Waals surface area (Å²) in [7, 11) is -3.43. The molecule has 3 aromatic rings. The van der Waals surface area contributed by atoms with Gasteiger partial charge >= 0.3 is 5.69 Å². The Morgan fingerprint density at radius 1 is 1.07 bits per heavy atom. The molecule has 11 heteroatoms. The molecule has 27 heavy (non-hydrogen) atoms. The monoisotopic (exact) mass is 471 g/mol. The summed E-state index contributed by atoms with van der Waals surface area (Å²) in [4.78, 5) is 14.5. The maximum absolute atomic E-state index is 12.7. The molecule has 0 N–H and O–H groups in total. The molecule has 1 fully saturated rings. The van der Waals surface area contributed by atoms with Gasteiger partial charge in [-0.25, -0.2) is 17.9 Å². The van der Waals surface area contributed by atoms with Crippen molar-refractivity contribution in [2.24, 2.45) is 0 Å². The van der Waals surface area contributed by atoms with Gasteiger partial charge in [0.25, 0.3) is 10.0 Å². The van der Waals surface area contributed by atoms with Gasteiger partial charge in [0.15, 0.2) is 5.65 Å². The fraction of sp³-hybridized carbons (Fsp3) is 0.375. The van der Waals surface area contributed by atoms with Gasteiger partial charge in [0.1, 0.15) is 4.21 Å². The fourth-order valence-electron chi connectivity index (χ4n) is 3.11. The molecule has 0 spiro atoms. The molecule has 4 rings (SSSR count). The van der Waals surface area contributed by atoms with Crippen molar-refractivity contribution < 1.29 is 8.42 Å². The average Bonchev–Trinajstić information content (AvgIpc) is 3.25. The molecule has 3 aromatic heterocycles. The summed E-state index contributed by atoms with van der Waals surface area (Å²) in [6.45, 7) is 3.28. The zero-order valence-electron chi connectivity index (χ0n) is 14.4. The van der Waals surface area contributed by atoms with Crippen LogP contribution in [0.2, 0.25) is 0 Å². The lowest BCUT2D eigenvalue weighted by atomic mass is 10.3. The van der Waals surface area contributed by atoms with Crippen molar-refractivity contribution in [2.75, 3.05) is 32.7 Å². The highest BCUT2D eigenvalue weighted by atomic mass is 79.9. The number of rotatable bonds is 5. The van der Waals surface area contributed by atoms with Crippen LogP contribution in [0.15, 0.2) is 49.3 Å². The van der Waals surface area contributed by atoms with Crippen molar-refractivity contribution in [3.63, 3.8) is 0 Å². The van der Waals surface area contributed by atoms with Crippen molar-refractivity contribution in [2.45, 2.75) is 10.8 Å². The van der Waals surface area contributed by atoms with E-state index < -0.39 is 10.0 Å². The Morgan fingerprint density at radius 3 is 2.52 bits per heavy atom. The fourth-order valence-corrected chi connectivity index (χ4v) is 6.69. The van der Waals surface area contributed by atoms with Gasteiger partial charge in [-0.3, -0.25) is 9.30 Å². The Morgan fingerprint density at radius 2 is 1.85 bits per heavy atom. The van der Waals surface area contributed by atoms with Crippen LogP contribution in [0.3, 0.4) is 0 Å². The molecular formula is C16H18BrN5O3S2. The minimum absolute atomic E-state index is 0.157. The predicted octanol–water partition coefficient (Wildman–Crippen LogP) is 1.33. The lowest BCUT2D eigenvalue weighted by Crippen LogP contribution is -2.49. The van der Waals surface area contributed by atoms with Gasteiger partial charge in [-0.1, -0.05) is 6.07 Å². The molecule has 1 saturated heterocycles. The first-order valence-corrected chi connectivity index (χ1v) is 11.5. The molecule has 0 unspecified atom stereocenters. The first-order valence-electron chi connectivity index (χ1n) is 8.47. The summed E-state index contributed by atoms with van der Waals surface area (Å²) in [5.74, 6) is 0. The lowest BCUT2D eigenvalue weighted by molar-refractivity contribution is 0.180. The maximum atomic E-state index is 12.7. The summed E-state index contributed by atoms with van der Waals surface area (Å²) in [6.07, 6.45) is 1.70. The van der Waals surface area contributed by atoms with Crippen LogP contribution in [0.5, 0.6) is 0 Å². The van der Waals surface area contributed by atoms with Gasteiger partial charge in [-0.2, -0.15) is 4.31 Å². The molecule has 1 aliphatic heterocycles. The van der Waals surface area contributed by atoms with Gasteiger partial charge in [0.05, 0.1) is 10.3 Å². The second kappa shape index (κ2) is 7.47. The van der Waals surface area contributed by atoms with Gasteiger partial charge < -0.3 is 0 Å². The molecule has 0 bridgehead atoms. The van der Waals surface area contributed by atoms with E-state index in [0.29, 0.717) is 49.1 Å². The molecule has 0 aliphatic carbocycles. The molecular weight excluding hydrogens is 454 g/mol. The number of hydrogen-bond acceptors (Lipinski definition) is 6. The molecule has 4 heterocycles. The molecule has 0 radical (unpaired) electrons. The van der Waals surface area contributed by atoms with Crippen molar-refractivity contribution in [3.8, 4) is 0 Å². The third-order valence-corrected chi connectivity index (χ3v) is 8.58. The van der Waals surface area contributed by atoms with Gasteiger partial charge in [0.2, 0.25) is 0 Å². The number of thiophene rings is 1. The van der Waals surface area contributed by atoms with E-state index in [0.717, 1.165) is 3.79 Å². The van der Waals surface area contributed by atoms with E-state index in [1.54, 1.807) is 30.5 Å². The summed E-state index contributed by atoms with van der Waals surface area (Å²) in [5.41, 5.74) is 0.468. The number of fused-ring (bicyclic) bond motifs is 1. The molecule has 0 aromatic carbocycles. The lowest BCUT2D eigenvalue weighted by Gasteiger charge is -2.33. The zero-order chi connectivity index (χ0) is 19.0. The largest absolute Gasteiger partial charge is 0.350 e. The summed E-state index contributed by atoms with van der Waals surface area (Å²) in [6, 6.07) is 8.82. The van der Waals surface area contributed by atoms with E-state index in [2.05, 4.69) is 25.9 Å². The number of sulfonamides is 1. The normalized spacial score (nSPS) is 16.9. The highest BCUT2D eigenvalue weighted by Gasteiger charge is 2.29. The van der Waals surface area contributed by atoms with Crippen LogP contribution in [-0.2, 0) is 16.6 Å². The molecule has 0 saturated carbocycles. The summed E-state index contributed by atoms with van der Waals surface area (Å²) >= 11 is 4.54. The van der Waals surface area contributed by atoms with Crippen LogP contribution in [0.25, 0.3) is 5.65 Å². The minimum Gasteiger partial charge on any atom is -0.299 e. The zero-order valence-corrected chi connectivity index (χ0v) is 17.6. The third-order valence-electron chi connectivity index (χ3n) is 4.59. The number of piperazine rings is 1. The SMILES string of the molecule is O=c1n(CCN2CCN(S(=O)(=O)c3ccc(Br)s3)CC2)nc2ccccn12. The standard InChI is InChI=1S/C16H18BrN5O3S2/c17-13-4-5-15(26-13)27(24,25)20-10-7-19(8-11-20)9-12-22-16(23)21-6-2-1-3-14(21)18-22/h1-6H,7-12H2. The third kappa shape index (κ3) is 3.74. The van der Waals surface area contributed by atoms with Crippen LogP contribution in [-0.4, -0.2) is 64.5 Å².